The number of esters is 1. The minimum Gasteiger partial charge on any atom is -0.426 e. The Bertz CT molecular complexity index is 416. The number of aliphatic hydroxyl groups is 1. The zero-order valence-electron chi connectivity index (χ0n) is 10.7. The van der Waals surface area contributed by atoms with Crippen molar-refractivity contribution in [2.24, 2.45) is 0 Å². The van der Waals surface area contributed by atoms with Gasteiger partial charge in [-0.1, -0.05) is 0 Å². The zero-order valence-corrected chi connectivity index (χ0v) is 10.7. The monoisotopic (exact) mass is 267 g/mol. The van der Waals surface area contributed by atoms with Crippen LogP contribution in [0.2, 0.25) is 0 Å². The quantitative estimate of drug-likeness (QED) is 0.436. The molecule has 104 valence electrons. The van der Waals surface area contributed by atoms with Crippen molar-refractivity contribution >= 4 is 17.6 Å². The van der Waals surface area contributed by atoms with E-state index < -0.39 is 5.97 Å². The second kappa shape index (κ2) is 8.23. The maximum atomic E-state index is 11.4. The Kier molecular flexibility index (Phi) is 6.56. The van der Waals surface area contributed by atoms with Crippen molar-refractivity contribution in [1.82, 2.24) is 0 Å². The van der Waals surface area contributed by atoms with Crippen molar-refractivity contribution in [3.63, 3.8) is 0 Å². The van der Waals surface area contributed by atoms with Crippen LogP contribution in [0.15, 0.2) is 24.3 Å². The maximum Gasteiger partial charge on any atom is 0.313 e. The fraction of sp³-hybridized carbons (Fsp3) is 0.385. The summed E-state index contributed by atoms with van der Waals surface area (Å²) in [5.74, 6) is -0.169. The first-order chi connectivity index (χ1) is 9.11. The topological polar surface area (TPSA) is 84.9 Å². The number of amides is 1. The molecule has 0 aliphatic carbocycles. The fourth-order valence-corrected chi connectivity index (χ4v) is 1.31. The largest absolute Gasteiger partial charge is 0.426 e. The molecule has 1 rings (SSSR count). The van der Waals surface area contributed by atoms with Crippen LogP contribution in [0.4, 0.5) is 5.69 Å². The minimum atomic E-state index is -0.412. The van der Waals surface area contributed by atoms with E-state index in [2.05, 4.69) is 5.32 Å². The number of hydrogen-bond donors (Lipinski definition) is 2. The van der Waals surface area contributed by atoms with Crippen LogP contribution in [0.25, 0.3) is 0 Å². The van der Waals surface area contributed by atoms with E-state index in [1.165, 1.54) is 6.92 Å². The van der Waals surface area contributed by atoms with Gasteiger partial charge in [-0.3, -0.25) is 9.59 Å². The molecule has 0 heterocycles. The summed E-state index contributed by atoms with van der Waals surface area (Å²) in [6.45, 7) is 1.77. The van der Waals surface area contributed by atoms with Gasteiger partial charge in [0.05, 0.1) is 26.2 Å². The summed E-state index contributed by atoms with van der Waals surface area (Å²) in [7, 11) is 0. The molecule has 0 saturated carbocycles. The molecule has 1 aromatic rings. The number of aliphatic hydroxyl groups excluding tert-OH is 1. The summed E-state index contributed by atoms with van der Waals surface area (Å²) >= 11 is 0. The number of anilines is 1. The van der Waals surface area contributed by atoms with Crippen LogP contribution < -0.4 is 10.1 Å². The number of carbonyl (C=O) groups is 2. The Labute approximate surface area is 111 Å². The summed E-state index contributed by atoms with van der Waals surface area (Å²) in [6, 6.07) is 6.48. The van der Waals surface area contributed by atoms with Crippen molar-refractivity contribution in [3.05, 3.63) is 24.3 Å². The molecule has 0 spiro atoms. The number of carbonyl (C=O) groups excluding carboxylic acids is 2. The highest BCUT2D eigenvalue weighted by atomic mass is 16.5. The van der Waals surface area contributed by atoms with E-state index >= 15 is 0 Å². The summed E-state index contributed by atoms with van der Waals surface area (Å²) in [5.41, 5.74) is 0.638. The third-order valence-electron chi connectivity index (χ3n) is 2.09. The van der Waals surface area contributed by atoms with Crippen LogP contribution >= 0.6 is 0 Å². The first-order valence-electron chi connectivity index (χ1n) is 5.88. The van der Waals surface area contributed by atoms with Gasteiger partial charge in [-0.15, -0.1) is 0 Å². The molecule has 1 amide bonds. The predicted octanol–water partition coefficient (Wildman–Crippen LogP) is 0.949. The summed E-state index contributed by atoms with van der Waals surface area (Å²) in [4.78, 5) is 22.2. The number of ether oxygens (including phenoxy) is 2. The molecule has 6 heteroatoms. The Balaban J connectivity index is 2.36. The van der Waals surface area contributed by atoms with Gasteiger partial charge in [0, 0.05) is 12.6 Å². The molecule has 0 radical (unpaired) electrons. The molecule has 0 saturated heterocycles. The molecule has 0 unspecified atom stereocenters. The van der Waals surface area contributed by atoms with Crippen molar-refractivity contribution in [2.75, 3.05) is 25.1 Å². The lowest BCUT2D eigenvalue weighted by atomic mass is 10.3. The van der Waals surface area contributed by atoms with Crippen LogP contribution in [-0.4, -0.2) is 36.8 Å². The van der Waals surface area contributed by atoms with Gasteiger partial charge in [-0.05, 0) is 24.3 Å². The van der Waals surface area contributed by atoms with Crippen LogP contribution in [-0.2, 0) is 14.3 Å². The van der Waals surface area contributed by atoms with Gasteiger partial charge in [0.2, 0.25) is 5.91 Å². The van der Waals surface area contributed by atoms with Gasteiger partial charge < -0.3 is 19.9 Å². The van der Waals surface area contributed by atoms with Crippen LogP contribution in [0.5, 0.6) is 5.75 Å². The molecule has 6 nitrogen and oxygen atoms in total. The van der Waals surface area contributed by atoms with Crippen LogP contribution in [0.3, 0.4) is 0 Å². The number of rotatable bonds is 7. The summed E-state index contributed by atoms with van der Waals surface area (Å²) in [5, 5.41) is 11.1. The fourth-order valence-electron chi connectivity index (χ4n) is 1.31. The van der Waals surface area contributed by atoms with E-state index in [1.54, 1.807) is 24.3 Å². The maximum absolute atomic E-state index is 11.4. The summed E-state index contributed by atoms with van der Waals surface area (Å²) in [6.07, 6.45) is 0.118. The van der Waals surface area contributed by atoms with Gasteiger partial charge in [0.1, 0.15) is 5.75 Å². The number of nitrogens with one attached hydrogen (secondary N) is 1. The molecule has 0 fully saturated rings. The standard InChI is InChI=1S/C13H17NO5/c1-10(16)14-11-2-4-12(5-3-11)19-13(17)6-8-18-9-7-15/h2-5,15H,6-9H2,1H3,(H,14,16). The highest BCUT2D eigenvalue weighted by Gasteiger charge is 2.05. The second-order valence-electron chi connectivity index (χ2n) is 3.77. The lowest BCUT2D eigenvalue weighted by Crippen LogP contribution is -2.12. The van der Waals surface area contributed by atoms with Gasteiger partial charge >= 0.3 is 5.97 Å². The zero-order chi connectivity index (χ0) is 14.1. The Hall–Kier alpha value is -1.92. The molecule has 2 N–H and O–H groups in total. The average Bonchev–Trinajstić information content (AvgIpc) is 2.36. The van der Waals surface area contributed by atoms with Crippen molar-refractivity contribution in [2.45, 2.75) is 13.3 Å². The van der Waals surface area contributed by atoms with E-state index in [0.717, 1.165) is 0 Å². The Morgan fingerprint density at radius 1 is 1.21 bits per heavy atom. The molecule has 0 atom stereocenters. The minimum absolute atomic E-state index is 0.0698. The van der Waals surface area contributed by atoms with Crippen LogP contribution in [0.1, 0.15) is 13.3 Å². The number of benzene rings is 1. The predicted molar refractivity (Wildman–Crippen MR) is 68.9 cm³/mol. The van der Waals surface area contributed by atoms with Gasteiger partial charge in [-0.2, -0.15) is 0 Å². The van der Waals surface area contributed by atoms with Gasteiger partial charge in [0.25, 0.3) is 0 Å². The SMILES string of the molecule is CC(=O)Nc1ccc(OC(=O)CCOCCO)cc1. The van der Waals surface area contributed by atoms with E-state index in [-0.39, 0.29) is 32.1 Å². The first kappa shape index (κ1) is 15.1. The molecule has 0 bridgehead atoms. The molecular weight excluding hydrogens is 250 g/mol. The van der Waals surface area contributed by atoms with E-state index in [0.29, 0.717) is 11.4 Å². The van der Waals surface area contributed by atoms with Gasteiger partial charge in [0.15, 0.2) is 0 Å². The van der Waals surface area contributed by atoms with Crippen molar-refractivity contribution in [1.29, 1.82) is 0 Å². The summed E-state index contributed by atoms with van der Waals surface area (Å²) < 4.78 is 10.0. The van der Waals surface area contributed by atoms with E-state index in [4.69, 9.17) is 14.6 Å². The lowest BCUT2D eigenvalue weighted by Gasteiger charge is -2.06. The van der Waals surface area contributed by atoms with E-state index in [1.807, 2.05) is 0 Å². The first-order valence-corrected chi connectivity index (χ1v) is 5.88. The van der Waals surface area contributed by atoms with Gasteiger partial charge in [-0.25, -0.2) is 0 Å². The molecule has 0 aromatic heterocycles. The van der Waals surface area contributed by atoms with E-state index in [9.17, 15) is 9.59 Å². The van der Waals surface area contributed by atoms with Crippen molar-refractivity contribution < 1.29 is 24.2 Å². The third-order valence-corrected chi connectivity index (χ3v) is 2.09. The lowest BCUT2D eigenvalue weighted by molar-refractivity contribution is -0.135. The normalized spacial score (nSPS) is 10.0. The molecule has 0 aliphatic rings. The average molecular weight is 267 g/mol. The third kappa shape index (κ3) is 6.54. The second-order valence-corrected chi connectivity index (χ2v) is 3.77. The van der Waals surface area contributed by atoms with Crippen LogP contribution in [0, 0.1) is 0 Å². The Morgan fingerprint density at radius 3 is 2.47 bits per heavy atom. The highest BCUT2D eigenvalue weighted by Crippen LogP contribution is 2.16. The van der Waals surface area contributed by atoms with Crippen molar-refractivity contribution in [3.8, 4) is 5.75 Å². The molecular formula is C13H17NO5. The molecule has 1 aromatic carbocycles. The molecule has 19 heavy (non-hydrogen) atoms. The Morgan fingerprint density at radius 2 is 1.89 bits per heavy atom. The molecule has 0 aliphatic heterocycles. The smallest absolute Gasteiger partial charge is 0.313 e. The number of hydrogen-bond acceptors (Lipinski definition) is 5. The highest BCUT2D eigenvalue weighted by molar-refractivity contribution is 5.88.